The summed E-state index contributed by atoms with van der Waals surface area (Å²) in [6.07, 6.45) is 4.20. The van der Waals surface area contributed by atoms with E-state index in [9.17, 15) is 8.42 Å². The standard InChI is InChI=1S/C21H28N2O3S/c1-26-21-12-8-19(9-13-21)17-27(24,25)22-14-4-5-18-6-10-20(11-7-18)23-15-2-3-16-23/h6-13,22H,2-5,14-17H2,1H3. The molecule has 0 saturated carbocycles. The molecule has 0 aliphatic carbocycles. The van der Waals surface area contributed by atoms with E-state index in [-0.39, 0.29) is 5.75 Å². The number of nitrogens with one attached hydrogen (secondary N) is 1. The normalized spacial score (nSPS) is 14.5. The van der Waals surface area contributed by atoms with Gasteiger partial charge in [-0.1, -0.05) is 24.3 Å². The van der Waals surface area contributed by atoms with Crippen LogP contribution in [0.15, 0.2) is 48.5 Å². The van der Waals surface area contributed by atoms with Crippen LogP contribution in [-0.2, 0) is 22.2 Å². The zero-order valence-corrected chi connectivity index (χ0v) is 16.7. The van der Waals surface area contributed by atoms with Crippen molar-refractivity contribution in [1.82, 2.24) is 4.72 Å². The Morgan fingerprint density at radius 3 is 2.22 bits per heavy atom. The topological polar surface area (TPSA) is 58.6 Å². The van der Waals surface area contributed by atoms with Gasteiger partial charge in [-0.3, -0.25) is 0 Å². The molecule has 2 aromatic carbocycles. The number of rotatable bonds is 9. The van der Waals surface area contributed by atoms with Gasteiger partial charge in [0.05, 0.1) is 12.9 Å². The largest absolute Gasteiger partial charge is 0.497 e. The predicted octanol–water partition coefficient (Wildman–Crippen LogP) is 3.35. The van der Waals surface area contributed by atoms with Crippen LogP contribution in [-0.4, -0.2) is 35.2 Å². The smallest absolute Gasteiger partial charge is 0.215 e. The summed E-state index contributed by atoms with van der Waals surface area (Å²) in [5.74, 6) is 0.710. The molecule has 1 saturated heterocycles. The highest BCUT2D eigenvalue weighted by Crippen LogP contribution is 2.20. The molecule has 5 nitrogen and oxygen atoms in total. The first-order valence-electron chi connectivity index (χ1n) is 9.50. The lowest BCUT2D eigenvalue weighted by atomic mass is 10.1. The molecule has 3 rings (SSSR count). The van der Waals surface area contributed by atoms with E-state index in [2.05, 4.69) is 33.9 Å². The molecular weight excluding hydrogens is 360 g/mol. The number of anilines is 1. The van der Waals surface area contributed by atoms with Crippen LogP contribution in [0, 0.1) is 0 Å². The van der Waals surface area contributed by atoms with Crippen molar-refractivity contribution in [3.8, 4) is 5.75 Å². The minimum atomic E-state index is -3.32. The van der Waals surface area contributed by atoms with Gasteiger partial charge in [-0.25, -0.2) is 13.1 Å². The maximum Gasteiger partial charge on any atom is 0.215 e. The predicted molar refractivity (Wildman–Crippen MR) is 110 cm³/mol. The summed E-state index contributed by atoms with van der Waals surface area (Å²) in [6, 6.07) is 15.8. The first-order valence-corrected chi connectivity index (χ1v) is 11.2. The van der Waals surface area contributed by atoms with Crippen LogP contribution in [0.1, 0.15) is 30.4 Å². The first-order chi connectivity index (χ1) is 13.1. The Morgan fingerprint density at radius 2 is 1.59 bits per heavy atom. The van der Waals surface area contributed by atoms with Crippen LogP contribution in [0.25, 0.3) is 0 Å². The molecule has 146 valence electrons. The lowest BCUT2D eigenvalue weighted by molar-refractivity contribution is 0.414. The van der Waals surface area contributed by atoms with Gasteiger partial charge in [0, 0.05) is 25.3 Å². The lowest BCUT2D eigenvalue weighted by Crippen LogP contribution is -2.26. The number of hydrogen-bond donors (Lipinski definition) is 1. The summed E-state index contributed by atoms with van der Waals surface area (Å²) in [6.45, 7) is 2.75. The molecule has 1 heterocycles. The summed E-state index contributed by atoms with van der Waals surface area (Å²) in [5.41, 5.74) is 3.28. The van der Waals surface area contributed by atoms with E-state index >= 15 is 0 Å². The Kier molecular flexibility index (Phi) is 6.74. The SMILES string of the molecule is COc1ccc(CS(=O)(=O)NCCCc2ccc(N3CCCC3)cc2)cc1. The number of methoxy groups -OCH3 is 1. The minimum absolute atomic E-state index is 0.0124. The molecule has 0 unspecified atom stereocenters. The third kappa shape index (κ3) is 5.97. The van der Waals surface area contributed by atoms with Crippen LogP contribution in [0.5, 0.6) is 5.75 Å². The molecule has 0 radical (unpaired) electrons. The summed E-state index contributed by atoms with van der Waals surface area (Å²) in [5, 5.41) is 0. The fraction of sp³-hybridized carbons (Fsp3) is 0.429. The maximum absolute atomic E-state index is 12.2. The summed E-state index contributed by atoms with van der Waals surface area (Å²) >= 11 is 0. The first kappa shape index (κ1) is 19.7. The molecule has 27 heavy (non-hydrogen) atoms. The van der Waals surface area contributed by atoms with Crippen molar-refractivity contribution in [2.45, 2.75) is 31.4 Å². The Labute approximate surface area is 162 Å². The quantitative estimate of drug-likeness (QED) is 0.670. The van der Waals surface area contributed by atoms with E-state index in [0.29, 0.717) is 6.54 Å². The van der Waals surface area contributed by atoms with E-state index in [1.807, 2.05) is 0 Å². The van der Waals surface area contributed by atoms with Crippen molar-refractivity contribution in [2.24, 2.45) is 0 Å². The molecule has 0 amide bonds. The van der Waals surface area contributed by atoms with Crippen molar-refractivity contribution in [2.75, 3.05) is 31.6 Å². The van der Waals surface area contributed by atoms with E-state index in [1.165, 1.54) is 24.1 Å². The molecule has 0 atom stereocenters. The van der Waals surface area contributed by atoms with Gasteiger partial charge in [0.2, 0.25) is 10.0 Å². The second kappa shape index (κ2) is 9.24. The third-order valence-electron chi connectivity index (χ3n) is 4.89. The number of aryl methyl sites for hydroxylation is 1. The maximum atomic E-state index is 12.2. The second-order valence-corrected chi connectivity index (χ2v) is 8.77. The number of ether oxygens (including phenoxy) is 1. The van der Waals surface area contributed by atoms with Crippen molar-refractivity contribution >= 4 is 15.7 Å². The average molecular weight is 389 g/mol. The number of benzene rings is 2. The van der Waals surface area contributed by atoms with Crippen molar-refractivity contribution < 1.29 is 13.2 Å². The molecule has 0 bridgehead atoms. The van der Waals surface area contributed by atoms with Crippen LogP contribution in [0.3, 0.4) is 0 Å². The molecule has 1 aliphatic rings. The molecule has 2 aromatic rings. The molecule has 6 heteroatoms. The van der Waals surface area contributed by atoms with Crippen molar-refractivity contribution in [1.29, 1.82) is 0 Å². The van der Waals surface area contributed by atoms with Crippen molar-refractivity contribution in [3.63, 3.8) is 0 Å². The zero-order chi connectivity index (χ0) is 19.1. The Bertz CT molecular complexity index is 812. The molecule has 1 fully saturated rings. The fourth-order valence-electron chi connectivity index (χ4n) is 3.36. The monoisotopic (exact) mass is 388 g/mol. The van der Waals surface area contributed by atoms with E-state index in [4.69, 9.17) is 4.74 Å². The number of hydrogen-bond acceptors (Lipinski definition) is 4. The van der Waals surface area contributed by atoms with Gasteiger partial charge >= 0.3 is 0 Å². The van der Waals surface area contributed by atoms with Gasteiger partial charge in [-0.2, -0.15) is 0 Å². The Balaban J connectivity index is 1.41. The van der Waals surface area contributed by atoms with Gasteiger partial charge in [0.1, 0.15) is 5.75 Å². The van der Waals surface area contributed by atoms with Gasteiger partial charge in [-0.15, -0.1) is 0 Å². The van der Waals surface area contributed by atoms with Crippen LogP contribution >= 0.6 is 0 Å². The highest BCUT2D eigenvalue weighted by molar-refractivity contribution is 7.88. The Hall–Kier alpha value is -2.05. The van der Waals surface area contributed by atoms with E-state index in [1.54, 1.807) is 31.4 Å². The second-order valence-electron chi connectivity index (χ2n) is 6.97. The van der Waals surface area contributed by atoms with Crippen LogP contribution in [0.2, 0.25) is 0 Å². The lowest BCUT2D eigenvalue weighted by Gasteiger charge is -2.17. The van der Waals surface area contributed by atoms with Crippen LogP contribution < -0.4 is 14.4 Å². The number of sulfonamides is 1. The summed E-state index contributed by atoms with van der Waals surface area (Å²) in [4.78, 5) is 2.41. The summed E-state index contributed by atoms with van der Waals surface area (Å²) in [7, 11) is -1.73. The molecular formula is C21H28N2O3S. The average Bonchev–Trinajstić information content (AvgIpc) is 3.21. The van der Waals surface area contributed by atoms with Crippen LogP contribution in [0.4, 0.5) is 5.69 Å². The highest BCUT2D eigenvalue weighted by atomic mass is 32.2. The van der Waals surface area contributed by atoms with E-state index in [0.717, 1.165) is 37.2 Å². The van der Waals surface area contributed by atoms with E-state index < -0.39 is 10.0 Å². The zero-order valence-electron chi connectivity index (χ0n) is 15.9. The summed E-state index contributed by atoms with van der Waals surface area (Å²) < 4.78 is 32.2. The van der Waals surface area contributed by atoms with Crippen molar-refractivity contribution in [3.05, 3.63) is 59.7 Å². The van der Waals surface area contributed by atoms with Gasteiger partial charge in [-0.05, 0) is 61.1 Å². The Morgan fingerprint density at radius 1 is 0.963 bits per heavy atom. The highest BCUT2D eigenvalue weighted by Gasteiger charge is 2.12. The molecule has 0 aromatic heterocycles. The molecule has 1 N–H and O–H groups in total. The van der Waals surface area contributed by atoms with Gasteiger partial charge < -0.3 is 9.64 Å². The molecule has 1 aliphatic heterocycles. The molecule has 0 spiro atoms. The third-order valence-corrected chi connectivity index (χ3v) is 6.24. The number of nitrogens with zero attached hydrogens (tertiary/aromatic N) is 1. The van der Waals surface area contributed by atoms with Gasteiger partial charge in [0.25, 0.3) is 0 Å². The van der Waals surface area contributed by atoms with Gasteiger partial charge in [0.15, 0.2) is 0 Å². The fourth-order valence-corrected chi connectivity index (χ4v) is 4.55. The minimum Gasteiger partial charge on any atom is -0.497 e.